The Hall–Kier alpha value is -3.64. The smallest absolute Gasteiger partial charge is 0.343 e. The molecule has 3 aromatic carbocycles. The van der Waals surface area contributed by atoms with Gasteiger partial charge in [0, 0.05) is 10.6 Å². The molecule has 0 bridgehead atoms. The molecule has 0 unspecified atom stereocenters. The number of methoxy groups -OCH3 is 1. The number of nitrogens with one attached hydrogen (secondary N) is 1. The number of esters is 1. The number of halogens is 1. The molecule has 6 nitrogen and oxygen atoms in total. The maximum absolute atomic E-state index is 12.3. The van der Waals surface area contributed by atoms with Crippen LogP contribution < -0.4 is 14.9 Å². The van der Waals surface area contributed by atoms with Crippen molar-refractivity contribution in [3.05, 3.63) is 94.5 Å². The highest BCUT2D eigenvalue weighted by atomic mass is 35.5. The van der Waals surface area contributed by atoms with Crippen molar-refractivity contribution in [2.24, 2.45) is 5.10 Å². The lowest BCUT2D eigenvalue weighted by Crippen LogP contribution is -2.17. The number of amides is 1. The van der Waals surface area contributed by atoms with Crippen molar-refractivity contribution in [1.82, 2.24) is 5.43 Å². The summed E-state index contributed by atoms with van der Waals surface area (Å²) >= 11 is 5.83. The van der Waals surface area contributed by atoms with E-state index >= 15 is 0 Å². The molecule has 146 valence electrons. The first-order valence-electron chi connectivity index (χ1n) is 8.61. The third-order valence-electron chi connectivity index (χ3n) is 3.89. The summed E-state index contributed by atoms with van der Waals surface area (Å²) in [6.45, 7) is 0. The molecule has 3 rings (SSSR count). The molecule has 0 fully saturated rings. The van der Waals surface area contributed by atoms with Gasteiger partial charge in [0.1, 0.15) is 0 Å². The van der Waals surface area contributed by atoms with E-state index in [2.05, 4.69) is 10.5 Å². The second-order valence-electron chi connectivity index (χ2n) is 5.87. The first-order chi connectivity index (χ1) is 14.1. The fourth-order valence-electron chi connectivity index (χ4n) is 2.41. The minimum Gasteiger partial charge on any atom is -0.493 e. The number of carbonyl (C=O) groups excluding carboxylic acids is 2. The predicted molar refractivity (Wildman–Crippen MR) is 111 cm³/mol. The lowest BCUT2D eigenvalue weighted by Gasteiger charge is -2.10. The van der Waals surface area contributed by atoms with Gasteiger partial charge in [0.15, 0.2) is 11.5 Å². The average Bonchev–Trinajstić information content (AvgIpc) is 2.75. The molecule has 0 spiro atoms. The van der Waals surface area contributed by atoms with Crippen LogP contribution in [0.3, 0.4) is 0 Å². The monoisotopic (exact) mass is 408 g/mol. The van der Waals surface area contributed by atoms with Gasteiger partial charge in [-0.25, -0.2) is 10.2 Å². The van der Waals surface area contributed by atoms with Crippen molar-refractivity contribution >= 4 is 29.7 Å². The van der Waals surface area contributed by atoms with Gasteiger partial charge in [-0.3, -0.25) is 4.79 Å². The lowest BCUT2D eigenvalue weighted by molar-refractivity contribution is 0.0729. The van der Waals surface area contributed by atoms with Crippen LogP contribution in [-0.4, -0.2) is 25.2 Å². The fraction of sp³-hybridized carbons (Fsp3) is 0.0455. The molecule has 1 N–H and O–H groups in total. The van der Waals surface area contributed by atoms with Crippen LogP contribution >= 0.6 is 11.6 Å². The molecule has 0 heterocycles. The molecule has 0 atom stereocenters. The van der Waals surface area contributed by atoms with E-state index in [1.807, 2.05) is 6.07 Å². The minimum absolute atomic E-state index is 0.262. The normalized spacial score (nSPS) is 10.6. The molecule has 0 aliphatic rings. The number of nitrogens with zero attached hydrogens (tertiary/aromatic N) is 1. The molecule has 0 aliphatic heterocycles. The van der Waals surface area contributed by atoms with Gasteiger partial charge in [-0.05, 0) is 60.2 Å². The first kappa shape index (κ1) is 20.1. The molecule has 0 aliphatic carbocycles. The Morgan fingerprint density at radius 1 is 0.931 bits per heavy atom. The molecule has 3 aromatic rings. The van der Waals surface area contributed by atoms with Gasteiger partial charge >= 0.3 is 5.97 Å². The molecule has 1 amide bonds. The fourth-order valence-corrected chi connectivity index (χ4v) is 2.54. The molecule has 7 heteroatoms. The van der Waals surface area contributed by atoms with Crippen molar-refractivity contribution in [3.63, 3.8) is 0 Å². The number of hydrazone groups is 1. The van der Waals surface area contributed by atoms with Crippen LogP contribution in [0.2, 0.25) is 5.02 Å². The van der Waals surface area contributed by atoms with Crippen molar-refractivity contribution in [3.8, 4) is 11.5 Å². The number of hydrogen-bond acceptors (Lipinski definition) is 5. The van der Waals surface area contributed by atoms with E-state index in [0.29, 0.717) is 27.5 Å². The molecule has 0 radical (unpaired) electrons. The van der Waals surface area contributed by atoms with E-state index in [0.717, 1.165) is 0 Å². The lowest BCUT2D eigenvalue weighted by atomic mass is 10.2. The SMILES string of the molecule is COc1cc(/C=N\NC(=O)c2ccccc2)ccc1OC(=O)c1ccc(Cl)cc1. The Morgan fingerprint density at radius 2 is 1.66 bits per heavy atom. The molecule has 29 heavy (non-hydrogen) atoms. The summed E-state index contributed by atoms with van der Waals surface area (Å²) in [6.07, 6.45) is 1.47. The minimum atomic E-state index is -0.531. The summed E-state index contributed by atoms with van der Waals surface area (Å²) < 4.78 is 10.7. The number of ether oxygens (including phenoxy) is 2. The molecule has 0 saturated carbocycles. The van der Waals surface area contributed by atoms with Gasteiger partial charge in [0.2, 0.25) is 0 Å². The van der Waals surface area contributed by atoms with Crippen molar-refractivity contribution in [1.29, 1.82) is 0 Å². The van der Waals surface area contributed by atoms with Crippen LogP contribution in [0, 0.1) is 0 Å². The zero-order valence-electron chi connectivity index (χ0n) is 15.5. The highest BCUT2D eigenvalue weighted by molar-refractivity contribution is 6.30. The summed E-state index contributed by atoms with van der Waals surface area (Å²) in [5, 5.41) is 4.47. The Morgan fingerprint density at radius 3 is 2.34 bits per heavy atom. The number of hydrogen-bond donors (Lipinski definition) is 1. The molecule has 0 saturated heterocycles. The van der Waals surface area contributed by atoms with Crippen molar-refractivity contribution < 1.29 is 19.1 Å². The average molecular weight is 409 g/mol. The first-order valence-corrected chi connectivity index (χ1v) is 8.99. The Balaban J connectivity index is 1.67. The predicted octanol–water partition coefficient (Wildman–Crippen LogP) is 4.33. The second-order valence-corrected chi connectivity index (χ2v) is 6.31. The highest BCUT2D eigenvalue weighted by Crippen LogP contribution is 2.28. The maximum Gasteiger partial charge on any atom is 0.343 e. The Labute approximate surface area is 172 Å². The van der Waals surface area contributed by atoms with Gasteiger partial charge in [0.05, 0.1) is 18.9 Å². The summed E-state index contributed by atoms with van der Waals surface area (Å²) in [6, 6.07) is 20.0. The van der Waals surface area contributed by atoms with Crippen LogP contribution in [0.4, 0.5) is 0 Å². The van der Waals surface area contributed by atoms with Gasteiger partial charge < -0.3 is 9.47 Å². The zero-order valence-corrected chi connectivity index (χ0v) is 16.2. The summed E-state index contributed by atoms with van der Waals surface area (Å²) in [4.78, 5) is 24.2. The van der Waals surface area contributed by atoms with E-state index in [1.54, 1.807) is 66.7 Å². The van der Waals surface area contributed by atoms with E-state index in [-0.39, 0.29) is 11.7 Å². The number of carbonyl (C=O) groups is 2. The van der Waals surface area contributed by atoms with Crippen LogP contribution in [0.1, 0.15) is 26.3 Å². The Bertz CT molecular complexity index is 1030. The number of benzene rings is 3. The van der Waals surface area contributed by atoms with Crippen LogP contribution in [0.5, 0.6) is 11.5 Å². The van der Waals surface area contributed by atoms with Gasteiger partial charge in [-0.15, -0.1) is 0 Å². The Kier molecular flexibility index (Phi) is 6.60. The third kappa shape index (κ3) is 5.43. The van der Waals surface area contributed by atoms with E-state index in [1.165, 1.54) is 13.3 Å². The van der Waals surface area contributed by atoms with E-state index in [4.69, 9.17) is 21.1 Å². The largest absolute Gasteiger partial charge is 0.493 e. The summed E-state index contributed by atoms with van der Waals surface area (Å²) in [5.41, 5.74) is 3.98. The molecular weight excluding hydrogens is 392 g/mol. The van der Waals surface area contributed by atoms with Gasteiger partial charge in [-0.2, -0.15) is 5.10 Å². The maximum atomic E-state index is 12.3. The van der Waals surface area contributed by atoms with Crippen molar-refractivity contribution in [2.75, 3.05) is 7.11 Å². The highest BCUT2D eigenvalue weighted by Gasteiger charge is 2.13. The molecule has 0 aromatic heterocycles. The summed E-state index contributed by atoms with van der Waals surface area (Å²) in [7, 11) is 1.47. The van der Waals surface area contributed by atoms with Crippen LogP contribution in [-0.2, 0) is 0 Å². The van der Waals surface area contributed by atoms with Gasteiger partial charge in [-0.1, -0.05) is 29.8 Å². The third-order valence-corrected chi connectivity index (χ3v) is 4.14. The van der Waals surface area contributed by atoms with Gasteiger partial charge in [0.25, 0.3) is 5.91 Å². The van der Waals surface area contributed by atoms with Crippen molar-refractivity contribution in [2.45, 2.75) is 0 Å². The summed E-state index contributed by atoms with van der Waals surface area (Å²) in [5.74, 6) is -0.234. The van der Waals surface area contributed by atoms with E-state index in [9.17, 15) is 9.59 Å². The van der Waals surface area contributed by atoms with Crippen LogP contribution in [0.15, 0.2) is 77.9 Å². The standard InChI is InChI=1S/C22H17ClN2O4/c1-28-20-13-15(14-24-25-21(26)16-5-3-2-4-6-16)7-12-19(20)29-22(27)17-8-10-18(23)11-9-17/h2-14H,1H3,(H,25,26)/b24-14-. The second kappa shape index (κ2) is 9.52. The topological polar surface area (TPSA) is 77.0 Å². The van der Waals surface area contributed by atoms with Crippen LogP contribution in [0.25, 0.3) is 0 Å². The quantitative estimate of drug-likeness (QED) is 0.285. The molecular formula is C22H17ClN2O4. The number of rotatable bonds is 6. The van der Waals surface area contributed by atoms with E-state index < -0.39 is 5.97 Å². The zero-order chi connectivity index (χ0) is 20.6.